The van der Waals surface area contributed by atoms with E-state index in [1.807, 2.05) is 0 Å². The summed E-state index contributed by atoms with van der Waals surface area (Å²) in [5.74, 6) is 0.324. The van der Waals surface area contributed by atoms with Gasteiger partial charge in [0.2, 0.25) is 5.91 Å². The van der Waals surface area contributed by atoms with Crippen molar-refractivity contribution in [3.63, 3.8) is 0 Å². The topological polar surface area (TPSA) is 69.6 Å². The molecule has 5 nitrogen and oxygen atoms in total. The highest BCUT2D eigenvalue weighted by Crippen LogP contribution is 2.23. The van der Waals surface area contributed by atoms with Gasteiger partial charge in [0, 0.05) is 18.0 Å². The molecule has 0 atom stereocenters. The van der Waals surface area contributed by atoms with Crippen LogP contribution in [0.25, 0.3) is 0 Å². The Kier molecular flexibility index (Phi) is 7.27. The summed E-state index contributed by atoms with van der Waals surface area (Å²) < 4.78 is 0. The van der Waals surface area contributed by atoms with Gasteiger partial charge >= 0.3 is 0 Å². The van der Waals surface area contributed by atoms with Crippen LogP contribution in [0.3, 0.4) is 0 Å². The molecule has 1 heterocycles. The average molecular weight is 409 g/mol. The molecule has 0 aliphatic carbocycles. The van der Waals surface area contributed by atoms with Crippen LogP contribution in [0.4, 0.5) is 0 Å². The number of phenolic OH excluding ortho intramolecular Hbond substituents is 1. The molecule has 1 aliphatic heterocycles. The second kappa shape index (κ2) is 9.90. The van der Waals surface area contributed by atoms with Crippen molar-refractivity contribution in [3.8, 4) is 5.75 Å². The first-order valence-corrected chi connectivity index (χ1v) is 10.7. The SMILES string of the molecule is Cc1cc(C)c(CCNC(=O)CN2CCC(C(=O)c3ccc(O)cc3)CC2)c(C)c1. The number of hydrogen-bond donors (Lipinski definition) is 2. The van der Waals surface area contributed by atoms with Gasteiger partial charge in [-0.05, 0) is 94.1 Å². The summed E-state index contributed by atoms with van der Waals surface area (Å²) >= 11 is 0. The van der Waals surface area contributed by atoms with Crippen molar-refractivity contribution < 1.29 is 14.7 Å². The van der Waals surface area contributed by atoms with E-state index in [9.17, 15) is 14.7 Å². The van der Waals surface area contributed by atoms with Crippen molar-refractivity contribution in [2.24, 2.45) is 5.92 Å². The summed E-state index contributed by atoms with van der Waals surface area (Å²) in [4.78, 5) is 27.1. The molecule has 0 saturated carbocycles. The Morgan fingerprint density at radius 3 is 2.23 bits per heavy atom. The third-order valence-electron chi connectivity index (χ3n) is 6.01. The van der Waals surface area contributed by atoms with Gasteiger partial charge in [0.15, 0.2) is 5.78 Å². The molecule has 0 unspecified atom stereocenters. The zero-order valence-electron chi connectivity index (χ0n) is 18.2. The lowest BCUT2D eigenvalue weighted by Gasteiger charge is -2.30. The Labute approximate surface area is 179 Å². The first-order chi connectivity index (χ1) is 14.3. The van der Waals surface area contributed by atoms with Crippen LogP contribution in [0.15, 0.2) is 36.4 Å². The Hall–Kier alpha value is -2.66. The van der Waals surface area contributed by atoms with Crippen LogP contribution in [0.5, 0.6) is 5.75 Å². The minimum Gasteiger partial charge on any atom is -0.508 e. The van der Waals surface area contributed by atoms with Gasteiger partial charge in [0.1, 0.15) is 5.75 Å². The van der Waals surface area contributed by atoms with Crippen LogP contribution < -0.4 is 5.32 Å². The van der Waals surface area contributed by atoms with Crippen molar-refractivity contribution in [1.29, 1.82) is 0 Å². The molecule has 2 N–H and O–H groups in total. The second-order valence-corrected chi connectivity index (χ2v) is 8.44. The third kappa shape index (κ3) is 5.70. The quantitative estimate of drug-likeness (QED) is 0.687. The van der Waals surface area contributed by atoms with Crippen LogP contribution in [0, 0.1) is 26.7 Å². The molecule has 0 aromatic heterocycles. The number of amides is 1. The van der Waals surface area contributed by atoms with Crippen molar-refractivity contribution in [3.05, 3.63) is 64.2 Å². The van der Waals surface area contributed by atoms with E-state index in [1.54, 1.807) is 24.3 Å². The number of rotatable bonds is 7. The Balaban J connectivity index is 1.41. The van der Waals surface area contributed by atoms with E-state index < -0.39 is 0 Å². The Bertz CT molecular complexity index is 874. The molecule has 3 rings (SSSR count). The van der Waals surface area contributed by atoms with Gasteiger partial charge in [-0.25, -0.2) is 0 Å². The average Bonchev–Trinajstić information content (AvgIpc) is 2.70. The normalized spacial score (nSPS) is 15.2. The van der Waals surface area contributed by atoms with Gasteiger partial charge in [-0.2, -0.15) is 0 Å². The Morgan fingerprint density at radius 2 is 1.63 bits per heavy atom. The number of piperidine rings is 1. The zero-order valence-corrected chi connectivity index (χ0v) is 18.2. The summed E-state index contributed by atoms with van der Waals surface area (Å²) in [5, 5.41) is 12.4. The number of nitrogens with zero attached hydrogens (tertiary/aromatic N) is 1. The van der Waals surface area contributed by atoms with Crippen molar-refractivity contribution in [2.75, 3.05) is 26.2 Å². The van der Waals surface area contributed by atoms with Crippen LogP contribution in [0.1, 0.15) is 45.5 Å². The van der Waals surface area contributed by atoms with Crippen molar-refractivity contribution in [1.82, 2.24) is 10.2 Å². The number of nitrogens with one attached hydrogen (secondary N) is 1. The molecule has 30 heavy (non-hydrogen) atoms. The second-order valence-electron chi connectivity index (χ2n) is 8.44. The van der Waals surface area contributed by atoms with E-state index in [-0.39, 0.29) is 23.4 Å². The van der Waals surface area contributed by atoms with Crippen LogP contribution in [-0.4, -0.2) is 47.9 Å². The number of aromatic hydroxyl groups is 1. The van der Waals surface area contributed by atoms with Gasteiger partial charge in [-0.1, -0.05) is 17.7 Å². The highest BCUT2D eigenvalue weighted by atomic mass is 16.3. The molecule has 0 radical (unpaired) electrons. The minimum absolute atomic E-state index is 0.0126. The number of ketones is 1. The van der Waals surface area contributed by atoms with Crippen LogP contribution in [0.2, 0.25) is 0 Å². The number of Topliss-reactive ketones (excluding diaryl/α,β-unsaturated/α-hetero) is 1. The third-order valence-corrected chi connectivity index (χ3v) is 6.01. The number of phenols is 1. The summed E-state index contributed by atoms with van der Waals surface area (Å²) in [6.07, 6.45) is 2.36. The van der Waals surface area contributed by atoms with Gasteiger partial charge in [-0.3, -0.25) is 14.5 Å². The molecule has 0 bridgehead atoms. The smallest absolute Gasteiger partial charge is 0.234 e. The first-order valence-electron chi connectivity index (χ1n) is 10.7. The molecule has 2 aromatic rings. The largest absolute Gasteiger partial charge is 0.508 e. The monoisotopic (exact) mass is 408 g/mol. The van der Waals surface area contributed by atoms with E-state index in [0.717, 1.165) is 32.4 Å². The molecule has 1 aliphatic rings. The fourth-order valence-electron chi connectivity index (χ4n) is 4.40. The maximum atomic E-state index is 12.6. The van der Waals surface area contributed by atoms with Gasteiger partial charge in [-0.15, -0.1) is 0 Å². The van der Waals surface area contributed by atoms with E-state index in [4.69, 9.17) is 0 Å². The van der Waals surface area contributed by atoms with E-state index in [1.165, 1.54) is 22.3 Å². The molecule has 5 heteroatoms. The zero-order chi connectivity index (χ0) is 21.7. The highest BCUT2D eigenvalue weighted by molar-refractivity contribution is 5.98. The number of likely N-dealkylation sites (tertiary alicyclic amines) is 1. The summed E-state index contributed by atoms with van der Waals surface area (Å²) in [5.41, 5.74) is 5.79. The van der Waals surface area contributed by atoms with Crippen molar-refractivity contribution in [2.45, 2.75) is 40.0 Å². The lowest BCUT2D eigenvalue weighted by molar-refractivity contribution is -0.122. The van der Waals surface area contributed by atoms with Gasteiger partial charge in [0.25, 0.3) is 0 Å². The lowest BCUT2D eigenvalue weighted by atomic mass is 9.89. The predicted molar refractivity (Wildman–Crippen MR) is 119 cm³/mol. The number of benzene rings is 2. The van der Waals surface area contributed by atoms with Crippen LogP contribution >= 0.6 is 0 Å². The molecular weight excluding hydrogens is 376 g/mol. The highest BCUT2D eigenvalue weighted by Gasteiger charge is 2.26. The van der Waals surface area contributed by atoms with E-state index in [2.05, 4.69) is 43.1 Å². The maximum Gasteiger partial charge on any atom is 0.234 e. The standard InChI is InChI=1S/C25H32N2O3/c1-17-14-18(2)23(19(3)15-17)8-11-26-24(29)16-27-12-9-21(10-13-27)25(30)20-4-6-22(28)7-5-20/h4-7,14-15,21,28H,8-13,16H2,1-3H3,(H,26,29). The van der Waals surface area contributed by atoms with Gasteiger partial charge in [0.05, 0.1) is 6.54 Å². The maximum absolute atomic E-state index is 12.6. The summed E-state index contributed by atoms with van der Waals surface area (Å²) in [6.45, 7) is 8.87. The molecule has 1 fully saturated rings. The molecular formula is C25H32N2O3. The summed E-state index contributed by atoms with van der Waals surface area (Å²) in [7, 11) is 0. The molecule has 1 saturated heterocycles. The molecule has 0 spiro atoms. The van der Waals surface area contributed by atoms with Crippen LogP contribution in [-0.2, 0) is 11.2 Å². The fraction of sp³-hybridized carbons (Fsp3) is 0.440. The molecule has 1 amide bonds. The minimum atomic E-state index is -0.0126. The van der Waals surface area contributed by atoms with Crippen molar-refractivity contribution >= 4 is 11.7 Å². The molecule has 2 aromatic carbocycles. The number of aryl methyl sites for hydroxylation is 3. The fourth-order valence-corrected chi connectivity index (χ4v) is 4.40. The number of carbonyl (C=O) groups is 2. The predicted octanol–water partition coefficient (Wildman–Crippen LogP) is 3.57. The lowest BCUT2D eigenvalue weighted by Crippen LogP contribution is -2.43. The van der Waals surface area contributed by atoms with E-state index in [0.29, 0.717) is 18.7 Å². The van der Waals surface area contributed by atoms with Gasteiger partial charge < -0.3 is 10.4 Å². The van der Waals surface area contributed by atoms with E-state index >= 15 is 0 Å². The molecule has 160 valence electrons. The first kappa shape index (κ1) is 22.0. The summed E-state index contributed by atoms with van der Waals surface area (Å²) in [6, 6.07) is 10.8. The number of hydrogen-bond acceptors (Lipinski definition) is 4. The Morgan fingerprint density at radius 1 is 1.03 bits per heavy atom. The number of carbonyl (C=O) groups excluding carboxylic acids is 2.